The first-order valence-corrected chi connectivity index (χ1v) is 10.6. The summed E-state index contributed by atoms with van der Waals surface area (Å²) in [4.78, 5) is 11.6. The largest absolute Gasteiger partial charge is 0.378 e. The molecule has 1 aromatic heterocycles. The topological polar surface area (TPSA) is 75.6 Å². The summed E-state index contributed by atoms with van der Waals surface area (Å²) in [6.45, 7) is 9.10. The Hall–Kier alpha value is -2.03. The van der Waals surface area contributed by atoms with Gasteiger partial charge in [-0.25, -0.2) is 18.4 Å². The molecule has 0 saturated carbocycles. The van der Waals surface area contributed by atoms with Gasteiger partial charge in [-0.1, -0.05) is 17.7 Å². The number of aryl methyl sites for hydroxylation is 3. The zero-order valence-corrected chi connectivity index (χ0v) is 16.7. The molecule has 0 N–H and O–H groups in total. The van der Waals surface area contributed by atoms with Crippen LogP contribution in [-0.4, -0.2) is 49.0 Å². The fourth-order valence-corrected chi connectivity index (χ4v) is 5.69. The Kier molecular flexibility index (Phi) is 4.65. The molecular formula is C19H24N4O3S. The molecule has 0 aliphatic carbocycles. The lowest BCUT2D eigenvalue weighted by Crippen LogP contribution is -2.37. The SMILES string of the molecule is Cc1cc(C)c(S(=O)(=O)N2Cc3cnc(N4CCOCC4)nc3C2)c(C)c1. The van der Waals surface area contributed by atoms with Crippen molar-refractivity contribution in [2.75, 3.05) is 31.2 Å². The lowest BCUT2D eigenvalue weighted by Gasteiger charge is -2.26. The van der Waals surface area contributed by atoms with Gasteiger partial charge in [-0.05, 0) is 31.9 Å². The van der Waals surface area contributed by atoms with E-state index in [2.05, 4.69) is 14.9 Å². The Morgan fingerprint density at radius 3 is 2.37 bits per heavy atom. The number of morpholine rings is 1. The second-order valence-corrected chi connectivity index (χ2v) is 9.12. The van der Waals surface area contributed by atoms with E-state index >= 15 is 0 Å². The van der Waals surface area contributed by atoms with Crippen molar-refractivity contribution in [3.05, 3.63) is 46.3 Å². The quantitative estimate of drug-likeness (QED) is 0.800. The van der Waals surface area contributed by atoms with Gasteiger partial charge in [0.15, 0.2) is 0 Å². The number of nitrogens with zero attached hydrogens (tertiary/aromatic N) is 4. The lowest BCUT2D eigenvalue weighted by atomic mass is 10.1. The molecule has 2 aliphatic heterocycles. The van der Waals surface area contributed by atoms with E-state index in [1.165, 1.54) is 4.31 Å². The summed E-state index contributed by atoms with van der Waals surface area (Å²) in [6, 6.07) is 3.83. The van der Waals surface area contributed by atoms with Gasteiger partial charge in [-0.2, -0.15) is 4.31 Å². The molecular weight excluding hydrogens is 364 g/mol. The maximum Gasteiger partial charge on any atom is 0.244 e. The fourth-order valence-electron chi connectivity index (χ4n) is 3.90. The van der Waals surface area contributed by atoms with Crippen LogP contribution < -0.4 is 4.90 Å². The third kappa shape index (κ3) is 3.33. The Morgan fingerprint density at radius 2 is 1.70 bits per heavy atom. The van der Waals surface area contributed by atoms with Crippen molar-refractivity contribution < 1.29 is 13.2 Å². The summed E-state index contributed by atoms with van der Waals surface area (Å²) in [5.74, 6) is 0.652. The highest BCUT2D eigenvalue weighted by molar-refractivity contribution is 7.89. The van der Waals surface area contributed by atoms with Gasteiger partial charge in [-0.3, -0.25) is 0 Å². The van der Waals surface area contributed by atoms with Crippen LogP contribution >= 0.6 is 0 Å². The van der Waals surface area contributed by atoms with Crippen molar-refractivity contribution in [3.8, 4) is 0 Å². The summed E-state index contributed by atoms with van der Waals surface area (Å²) in [5.41, 5.74) is 4.29. The minimum absolute atomic E-state index is 0.282. The molecule has 0 amide bonds. The summed E-state index contributed by atoms with van der Waals surface area (Å²) >= 11 is 0. The smallest absolute Gasteiger partial charge is 0.244 e. The van der Waals surface area contributed by atoms with Crippen LogP contribution in [0.2, 0.25) is 0 Å². The van der Waals surface area contributed by atoms with Crippen molar-refractivity contribution in [3.63, 3.8) is 0 Å². The first-order valence-electron chi connectivity index (χ1n) is 9.12. The van der Waals surface area contributed by atoms with Gasteiger partial charge in [0.25, 0.3) is 0 Å². The number of hydrogen-bond donors (Lipinski definition) is 0. The molecule has 2 aliphatic rings. The van der Waals surface area contributed by atoms with E-state index in [9.17, 15) is 8.42 Å². The van der Waals surface area contributed by atoms with Crippen molar-refractivity contribution in [1.29, 1.82) is 0 Å². The molecule has 27 heavy (non-hydrogen) atoms. The van der Waals surface area contributed by atoms with Crippen molar-refractivity contribution >= 4 is 16.0 Å². The summed E-state index contributed by atoms with van der Waals surface area (Å²) in [7, 11) is -3.59. The van der Waals surface area contributed by atoms with Gasteiger partial charge in [0.05, 0.1) is 30.3 Å². The first-order chi connectivity index (χ1) is 12.9. The Balaban J connectivity index is 1.62. The maximum absolute atomic E-state index is 13.3. The Morgan fingerprint density at radius 1 is 1.04 bits per heavy atom. The highest BCUT2D eigenvalue weighted by atomic mass is 32.2. The van der Waals surface area contributed by atoms with E-state index in [1.807, 2.05) is 32.9 Å². The minimum atomic E-state index is -3.59. The van der Waals surface area contributed by atoms with E-state index < -0.39 is 10.0 Å². The van der Waals surface area contributed by atoms with Crippen LogP contribution in [0, 0.1) is 20.8 Å². The number of benzene rings is 1. The molecule has 0 atom stereocenters. The predicted octanol–water partition coefficient (Wildman–Crippen LogP) is 1.94. The number of rotatable bonds is 3. The average molecular weight is 388 g/mol. The molecule has 1 aromatic carbocycles. The monoisotopic (exact) mass is 388 g/mol. The molecule has 1 saturated heterocycles. The van der Waals surface area contributed by atoms with E-state index in [0.717, 1.165) is 41.0 Å². The number of sulfonamides is 1. The predicted molar refractivity (Wildman–Crippen MR) is 102 cm³/mol. The highest BCUT2D eigenvalue weighted by Gasteiger charge is 2.34. The van der Waals surface area contributed by atoms with Crippen molar-refractivity contribution in [2.24, 2.45) is 0 Å². The molecule has 7 nitrogen and oxygen atoms in total. The van der Waals surface area contributed by atoms with E-state index in [0.29, 0.717) is 30.6 Å². The highest BCUT2D eigenvalue weighted by Crippen LogP contribution is 2.31. The van der Waals surface area contributed by atoms with Gasteiger partial charge in [0.2, 0.25) is 16.0 Å². The molecule has 0 spiro atoms. The number of ether oxygens (including phenoxy) is 1. The van der Waals surface area contributed by atoms with Crippen LogP contribution in [0.1, 0.15) is 27.9 Å². The fraction of sp³-hybridized carbons (Fsp3) is 0.474. The van der Waals surface area contributed by atoms with Crippen molar-refractivity contribution in [1.82, 2.24) is 14.3 Å². The number of anilines is 1. The molecule has 3 heterocycles. The van der Waals surface area contributed by atoms with Gasteiger partial charge in [0, 0.05) is 31.4 Å². The third-order valence-corrected chi connectivity index (χ3v) is 7.21. The molecule has 8 heteroatoms. The molecule has 0 bridgehead atoms. The van der Waals surface area contributed by atoms with E-state index in [-0.39, 0.29) is 6.54 Å². The second kappa shape index (κ2) is 6.85. The zero-order valence-electron chi connectivity index (χ0n) is 15.9. The molecule has 4 rings (SSSR count). The van der Waals surface area contributed by atoms with Crippen LogP contribution in [0.3, 0.4) is 0 Å². The summed E-state index contributed by atoms with van der Waals surface area (Å²) < 4.78 is 33.5. The van der Waals surface area contributed by atoms with Crippen LogP contribution in [0.25, 0.3) is 0 Å². The minimum Gasteiger partial charge on any atom is -0.378 e. The second-order valence-electron chi connectivity index (χ2n) is 7.24. The van der Waals surface area contributed by atoms with Crippen molar-refractivity contribution in [2.45, 2.75) is 38.8 Å². The molecule has 144 valence electrons. The molecule has 1 fully saturated rings. The van der Waals surface area contributed by atoms with Crippen LogP contribution in [0.5, 0.6) is 0 Å². The van der Waals surface area contributed by atoms with Gasteiger partial charge >= 0.3 is 0 Å². The number of fused-ring (bicyclic) bond motifs is 1. The normalized spacial score (nSPS) is 18.0. The van der Waals surface area contributed by atoms with Crippen LogP contribution in [0.4, 0.5) is 5.95 Å². The van der Waals surface area contributed by atoms with Gasteiger partial charge in [-0.15, -0.1) is 0 Å². The average Bonchev–Trinajstić information content (AvgIpc) is 3.05. The summed E-state index contributed by atoms with van der Waals surface area (Å²) in [5, 5.41) is 0. The Bertz CT molecular complexity index is 961. The number of aromatic nitrogens is 2. The molecule has 2 aromatic rings. The zero-order chi connectivity index (χ0) is 19.2. The number of hydrogen-bond acceptors (Lipinski definition) is 6. The summed E-state index contributed by atoms with van der Waals surface area (Å²) in [6.07, 6.45) is 1.76. The third-order valence-electron chi connectivity index (χ3n) is 5.11. The molecule has 0 radical (unpaired) electrons. The first kappa shape index (κ1) is 18.3. The molecule has 0 unspecified atom stereocenters. The Labute approximate surface area is 160 Å². The lowest BCUT2D eigenvalue weighted by molar-refractivity contribution is 0.122. The van der Waals surface area contributed by atoms with Gasteiger partial charge < -0.3 is 9.64 Å². The standard InChI is InChI=1S/C19H24N4O3S/c1-13-8-14(2)18(15(3)9-13)27(24,25)23-11-16-10-20-19(21-17(16)12-23)22-4-6-26-7-5-22/h8-10H,4-7,11-12H2,1-3H3. The van der Waals surface area contributed by atoms with Crippen LogP contribution in [-0.2, 0) is 27.8 Å². The van der Waals surface area contributed by atoms with Gasteiger partial charge in [0.1, 0.15) is 0 Å². The van der Waals surface area contributed by atoms with E-state index in [4.69, 9.17) is 4.74 Å². The van der Waals surface area contributed by atoms with E-state index in [1.54, 1.807) is 6.20 Å². The van der Waals surface area contributed by atoms with Crippen LogP contribution in [0.15, 0.2) is 23.2 Å². The maximum atomic E-state index is 13.3.